The van der Waals surface area contributed by atoms with E-state index >= 15 is 0 Å². The summed E-state index contributed by atoms with van der Waals surface area (Å²) in [6.07, 6.45) is 4.70. The summed E-state index contributed by atoms with van der Waals surface area (Å²) in [5, 5.41) is 4.39. The summed E-state index contributed by atoms with van der Waals surface area (Å²) in [6, 6.07) is 9.64. The van der Waals surface area contributed by atoms with E-state index in [0.29, 0.717) is 16.1 Å². The molecule has 28 heavy (non-hydrogen) atoms. The normalized spacial score (nSPS) is 14.0. The maximum Gasteiger partial charge on any atom is 0.276 e. The molecule has 1 fully saturated rings. The molecule has 0 bridgehead atoms. The number of nitrogens with zero attached hydrogens (tertiary/aromatic N) is 2. The van der Waals surface area contributed by atoms with E-state index in [0.717, 1.165) is 18.9 Å². The summed E-state index contributed by atoms with van der Waals surface area (Å²) in [4.78, 5) is 25.3. The van der Waals surface area contributed by atoms with E-state index < -0.39 is 17.2 Å². The number of hydrazone groups is 1. The van der Waals surface area contributed by atoms with Crippen molar-refractivity contribution in [2.75, 3.05) is 0 Å². The Morgan fingerprint density at radius 2 is 1.96 bits per heavy atom. The fraction of sp³-hybridized carbons (Fsp3) is 0.150. The van der Waals surface area contributed by atoms with Crippen molar-refractivity contribution in [3.05, 3.63) is 79.8 Å². The van der Waals surface area contributed by atoms with Gasteiger partial charge >= 0.3 is 0 Å². The monoisotopic (exact) mass is 417 g/mol. The minimum Gasteiger partial charge on any atom is -0.343 e. The Labute approximate surface area is 169 Å². The molecule has 142 valence electrons. The second kappa shape index (κ2) is 7.37. The third-order valence-corrected chi connectivity index (χ3v) is 5.17. The highest BCUT2D eigenvalue weighted by atomic mass is 35.5. The molecule has 1 saturated carbocycles. The summed E-state index contributed by atoms with van der Waals surface area (Å²) in [5.74, 6) is -1.39. The Hall–Kier alpha value is -2.70. The topological polar surface area (TPSA) is 63.5 Å². The summed E-state index contributed by atoms with van der Waals surface area (Å²) >= 11 is 11.9. The number of nitrogens with one attached hydrogen (secondary N) is 1. The molecule has 0 unspecified atom stereocenters. The SMILES string of the molecule is O=C(N/N=C\c1ccccc1Cl)c1cn(C2CC2)c2cc(Cl)c(F)cc2c1=O. The highest BCUT2D eigenvalue weighted by molar-refractivity contribution is 6.33. The van der Waals surface area contributed by atoms with Crippen LogP contribution in [0.25, 0.3) is 10.9 Å². The van der Waals surface area contributed by atoms with Gasteiger partial charge in [0.2, 0.25) is 5.43 Å². The van der Waals surface area contributed by atoms with E-state index in [1.165, 1.54) is 18.5 Å². The van der Waals surface area contributed by atoms with Gasteiger partial charge in [0.15, 0.2) is 0 Å². The molecule has 4 rings (SSSR count). The molecule has 0 saturated heterocycles. The molecule has 1 amide bonds. The third-order valence-electron chi connectivity index (χ3n) is 4.53. The number of benzene rings is 2. The van der Waals surface area contributed by atoms with Crippen LogP contribution in [0.15, 0.2) is 52.5 Å². The molecule has 0 atom stereocenters. The van der Waals surface area contributed by atoms with Gasteiger partial charge in [-0.3, -0.25) is 9.59 Å². The molecule has 2 aromatic carbocycles. The second-order valence-electron chi connectivity index (χ2n) is 6.51. The van der Waals surface area contributed by atoms with Crippen molar-refractivity contribution in [1.82, 2.24) is 9.99 Å². The molecule has 1 heterocycles. The Morgan fingerprint density at radius 1 is 1.21 bits per heavy atom. The number of pyridine rings is 1. The number of aromatic nitrogens is 1. The van der Waals surface area contributed by atoms with Gasteiger partial charge in [0.1, 0.15) is 11.4 Å². The van der Waals surface area contributed by atoms with E-state index in [-0.39, 0.29) is 22.0 Å². The van der Waals surface area contributed by atoms with Crippen LogP contribution in [0.2, 0.25) is 10.0 Å². The molecule has 0 spiro atoms. The summed E-state index contributed by atoms with van der Waals surface area (Å²) in [5.41, 5.74) is 2.77. The Balaban J connectivity index is 1.71. The van der Waals surface area contributed by atoms with Crippen LogP contribution < -0.4 is 10.9 Å². The second-order valence-corrected chi connectivity index (χ2v) is 7.33. The maximum atomic E-state index is 13.9. The summed E-state index contributed by atoms with van der Waals surface area (Å²) < 4.78 is 15.7. The number of hydrogen-bond donors (Lipinski definition) is 1. The lowest BCUT2D eigenvalue weighted by Crippen LogP contribution is -2.27. The van der Waals surface area contributed by atoms with Crippen LogP contribution >= 0.6 is 23.2 Å². The van der Waals surface area contributed by atoms with Crippen molar-refractivity contribution >= 4 is 46.2 Å². The van der Waals surface area contributed by atoms with Gasteiger partial charge in [0.25, 0.3) is 5.91 Å². The molecule has 1 aromatic heterocycles. The number of rotatable bonds is 4. The Morgan fingerprint density at radius 3 is 2.68 bits per heavy atom. The van der Waals surface area contributed by atoms with Gasteiger partial charge in [0.05, 0.1) is 16.8 Å². The number of hydrogen-bond acceptors (Lipinski definition) is 3. The van der Waals surface area contributed by atoms with Crippen LogP contribution in [0.3, 0.4) is 0 Å². The number of amides is 1. The first-order valence-corrected chi connectivity index (χ1v) is 9.33. The molecule has 0 aliphatic heterocycles. The van der Waals surface area contributed by atoms with Crippen molar-refractivity contribution in [2.45, 2.75) is 18.9 Å². The first-order chi connectivity index (χ1) is 13.5. The fourth-order valence-corrected chi connectivity index (χ4v) is 3.30. The molecule has 1 N–H and O–H groups in total. The number of carbonyl (C=O) groups excluding carboxylic acids is 1. The molecule has 0 radical (unpaired) electrons. The summed E-state index contributed by atoms with van der Waals surface area (Å²) in [7, 11) is 0. The molecule has 1 aliphatic rings. The van der Waals surface area contributed by atoms with Crippen molar-refractivity contribution in [2.24, 2.45) is 5.10 Å². The van der Waals surface area contributed by atoms with Crippen molar-refractivity contribution in [1.29, 1.82) is 0 Å². The maximum absolute atomic E-state index is 13.9. The average molecular weight is 418 g/mol. The van der Waals surface area contributed by atoms with Crippen molar-refractivity contribution < 1.29 is 9.18 Å². The summed E-state index contributed by atoms with van der Waals surface area (Å²) in [6.45, 7) is 0. The number of halogens is 3. The minimum atomic E-state index is -0.706. The number of fused-ring (bicyclic) bond motifs is 1. The molecule has 5 nitrogen and oxygen atoms in total. The van der Waals surface area contributed by atoms with E-state index in [1.54, 1.807) is 28.8 Å². The van der Waals surface area contributed by atoms with Gasteiger partial charge in [-0.25, -0.2) is 9.82 Å². The first-order valence-electron chi connectivity index (χ1n) is 8.57. The van der Waals surface area contributed by atoms with Crippen LogP contribution in [0.5, 0.6) is 0 Å². The zero-order valence-corrected chi connectivity index (χ0v) is 16.0. The van der Waals surface area contributed by atoms with E-state index in [9.17, 15) is 14.0 Å². The van der Waals surface area contributed by atoms with E-state index in [4.69, 9.17) is 23.2 Å². The smallest absolute Gasteiger partial charge is 0.276 e. The van der Waals surface area contributed by atoms with Gasteiger partial charge in [-0.15, -0.1) is 0 Å². The standard InChI is InChI=1S/C20H14Cl2FN3O2/c21-15-4-2-1-3-11(15)9-24-25-20(28)14-10-26(12-5-6-12)18-8-16(22)17(23)7-13(18)19(14)27/h1-4,7-10,12H,5-6H2,(H,25,28)/b24-9-. The van der Waals surface area contributed by atoms with Gasteiger partial charge in [-0.2, -0.15) is 5.10 Å². The lowest BCUT2D eigenvalue weighted by Gasteiger charge is -2.12. The molecular weight excluding hydrogens is 404 g/mol. The highest BCUT2D eigenvalue weighted by Crippen LogP contribution is 2.37. The fourth-order valence-electron chi connectivity index (χ4n) is 2.96. The lowest BCUT2D eigenvalue weighted by molar-refractivity contribution is 0.0953. The first kappa shape index (κ1) is 18.7. The van der Waals surface area contributed by atoms with Gasteiger partial charge in [0, 0.05) is 28.2 Å². The van der Waals surface area contributed by atoms with Crippen LogP contribution in [0, 0.1) is 5.82 Å². The molecular formula is C20H14Cl2FN3O2. The quantitative estimate of drug-likeness (QED) is 0.499. The molecule has 8 heteroatoms. The minimum absolute atomic E-state index is 0.0668. The lowest BCUT2D eigenvalue weighted by atomic mass is 10.1. The Kier molecular flexibility index (Phi) is 4.91. The van der Waals surface area contributed by atoms with Crippen LogP contribution in [-0.2, 0) is 0 Å². The number of carbonyl (C=O) groups is 1. The highest BCUT2D eigenvalue weighted by Gasteiger charge is 2.27. The predicted molar refractivity (Wildman–Crippen MR) is 108 cm³/mol. The zero-order chi connectivity index (χ0) is 19.8. The third kappa shape index (κ3) is 3.53. The largest absolute Gasteiger partial charge is 0.343 e. The predicted octanol–water partition coefficient (Wildman–Crippen LogP) is 4.55. The van der Waals surface area contributed by atoms with Gasteiger partial charge in [-0.05, 0) is 31.0 Å². The molecule has 1 aliphatic carbocycles. The van der Waals surface area contributed by atoms with Crippen LogP contribution in [0.1, 0.15) is 34.8 Å². The zero-order valence-electron chi connectivity index (χ0n) is 14.5. The Bertz CT molecular complexity index is 1190. The van der Waals surface area contributed by atoms with Crippen LogP contribution in [0.4, 0.5) is 4.39 Å². The van der Waals surface area contributed by atoms with Gasteiger partial charge < -0.3 is 4.57 Å². The van der Waals surface area contributed by atoms with Gasteiger partial charge in [-0.1, -0.05) is 41.4 Å². The van der Waals surface area contributed by atoms with E-state index in [1.807, 2.05) is 0 Å². The van der Waals surface area contributed by atoms with E-state index in [2.05, 4.69) is 10.5 Å². The van der Waals surface area contributed by atoms with Crippen LogP contribution in [-0.4, -0.2) is 16.7 Å². The van der Waals surface area contributed by atoms with Crippen molar-refractivity contribution in [3.63, 3.8) is 0 Å². The van der Waals surface area contributed by atoms with Crippen molar-refractivity contribution in [3.8, 4) is 0 Å². The molecule has 3 aromatic rings. The average Bonchev–Trinajstić information content (AvgIpc) is 3.50.